The zero-order valence-electron chi connectivity index (χ0n) is 6.70. The Kier molecular flexibility index (Phi) is 2.47. The van der Waals surface area contributed by atoms with Crippen molar-refractivity contribution >= 4 is 39.8 Å². The number of rotatable bonds is 1. The van der Waals surface area contributed by atoms with Crippen molar-refractivity contribution in [3.8, 4) is 0 Å². The quantitative estimate of drug-likeness (QED) is 0.592. The molecular weight excluding hydrogens is 277 g/mol. The Balaban J connectivity index is 2.56. The van der Waals surface area contributed by atoms with Gasteiger partial charge in [-0.3, -0.25) is 0 Å². The fraction of sp³-hybridized carbons (Fsp3) is 0. The number of aromatic nitrogens is 1. The summed E-state index contributed by atoms with van der Waals surface area (Å²) in [4.78, 5) is 4.24. The van der Waals surface area contributed by atoms with Crippen LogP contribution in [0.2, 0.25) is 0 Å². The van der Waals surface area contributed by atoms with Gasteiger partial charge in [0.15, 0.2) is 5.58 Å². The summed E-state index contributed by atoms with van der Waals surface area (Å²) in [6.45, 7) is 0. The third-order valence-electron chi connectivity index (χ3n) is 1.58. The van der Waals surface area contributed by atoms with E-state index >= 15 is 0 Å². The molecule has 0 unspecified atom stereocenters. The van der Waals surface area contributed by atoms with Crippen LogP contribution < -0.4 is 0 Å². The van der Waals surface area contributed by atoms with Gasteiger partial charge in [0.05, 0.1) is 0 Å². The Morgan fingerprint density at radius 1 is 1.38 bits per heavy atom. The van der Waals surface area contributed by atoms with Crippen molar-refractivity contribution in [1.82, 2.24) is 4.98 Å². The molecule has 0 spiro atoms. The number of para-hydroxylation sites is 2. The highest BCUT2D eigenvalue weighted by Gasteiger charge is 1.99. The molecule has 13 heavy (non-hydrogen) atoms. The van der Waals surface area contributed by atoms with E-state index in [1.54, 1.807) is 10.2 Å². The molecule has 0 amide bonds. The van der Waals surface area contributed by atoms with Gasteiger partial charge in [-0.25, -0.2) is 4.98 Å². The summed E-state index contributed by atoms with van der Waals surface area (Å²) in [5.41, 5.74) is 4.59. The molecule has 1 heterocycles. The zero-order valence-corrected chi connectivity index (χ0v) is 8.86. The number of halogens is 1. The first-order valence-corrected chi connectivity index (χ1v) is 5.01. The first-order chi connectivity index (χ1) is 6.40. The van der Waals surface area contributed by atoms with Crippen molar-refractivity contribution in [2.75, 3.05) is 0 Å². The summed E-state index contributed by atoms with van der Waals surface area (Å²) in [5, 5.41) is 0. The number of hydrogen-bond donors (Lipinski definition) is 0. The highest BCUT2D eigenvalue weighted by Crippen LogP contribution is 2.14. The van der Waals surface area contributed by atoms with Gasteiger partial charge in [-0.05, 0) is 34.7 Å². The first-order valence-electron chi connectivity index (χ1n) is 3.77. The summed E-state index contributed by atoms with van der Waals surface area (Å²) in [6, 6.07) is 7.68. The summed E-state index contributed by atoms with van der Waals surface area (Å²) >= 11 is 2.10. The molecule has 0 aliphatic heterocycles. The van der Waals surface area contributed by atoms with Crippen LogP contribution >= 0.6 is 22.6 Å². The minimum Gasteiger partial charge on any atom is -0.436 e. The molecule has 2 aromatic rings. The molecule has 0 fully saturated rings. The van der Waals surface area contributed by atoms with E-state index in [0.29, 0.717) is 5.89 Å². The monoisotopic (exact) mass is 283 g/mol. The zero-order chi connectivity index (χ0) is 9.10. The Morgan fingerprint density at radius 2 is 2.23 bits per heavy atom. The van der Waals surface area contributed by atoms with Crippen LogP contribution in [0.1, 0.15) is 5.89 Å². The van der Waals surface area contributed by atoms with E-state index in [-0.39, 0.29) is 0 Å². The highest BCUT2D eigenvalue weighted by atomic mass is 127. The van der Waals surface area contributed by atoms with Crippen LogP contribution in [0.15, 0.2) is 38.5 Å². The number of benzene rings is 1. The summed E-state index contributed by atoms with van der Waals surface area (Å²) in [6.07, 6.45) is 1.71. The van der Waals surface area contributed by atoms with Gasteiger partial charge in [0.1, 0.15) is 5.52 Å². The second-order valence-corrected chi connectivity index (χ2v) is 3.06. The standard InChI is InChI=1S/C10H6INO/c11-7-3-6-10-12-8-4-1-2-5-9(8)13-10/h1-2,4-7H. The molecule has 2 nitrogen and oxygen atoms in total. The summed E-state index contributed by atoms with van der Waals surface area (Å²) < 4.78 is 7.20. The van der Waals surface area contributed by atoms with E-state index in [4.69, 9.17) is 4.42 Å². The first kappa shape index (κ1) is 8.53. The van der Waals surface area contributed by atoms with Crippen molar-refractivity contribution < 1.29 is 4.42 Å². The fourth-order valence-electron chi connectivity index (χ4n) is 1.05. The average Bonchev–Trinajstić information content (AvgIpc) is 2.57. The third-order valence-corrected chi connectivity index (χ3v) is 1.94. The predicted octanol–water partition coefficient (Wildman–Crippen LogP) is 3.39. The van der Waals surface area contributed by atoms with E-state index < -0.39 is 0 Å². The fourth-order valence-corrected chi connectivity index (χ4v) is 1.23. The molecule has 1 aromatic carbocycles. The minimum atomic E-state index is 0.592. The Labute approximate surface area is 89.1 Å². The van der Waals surface area contributed by atoms with Gasteiger partial charge in [-0.1, -0.05) is 12.1 Å². The summed E-state index contributed by atoms with van der Waals surface area (Å²) in [5.74, 6) is 0.592. The van der Waals surface area contributed by atoms with E-state index in [0.717, 1.165) is 11.1 Å². The van der Waals surface area contributed by atoms with Crippen LogP contribution in [-0.4, -0.2) is 4.98 Å². The lowest BCUT2D eigenvalue weighted by atomic mass is 10.3. The molecule has 0 aliphatic rings. The number of nitrogens with zero attached hydrogens (tertiary/aromatic N) is 1. The normalized spacial score (nSPS) is 9.62. The van der Waals surface area contributed by atoms with Crippen LogP contribution in [0.3, 0.4) is 0 Å². The van der Waals surface area contributed by atoms with Crippen molar-refractivity contribution in [3.63, 3.8) is 0 Å². The second-order valence-electron chi connectivity index (χ2n) is 2.44. The van der Waals surface area contributed by atoms with Crippen molar-refractivity contribution in [2.24, 2.45) is 0 Å². The molecule has 1 aromatic heterocycles. The topological polar surface area (TPSA) is 26.0 Å². The smallest absolute Gasteiger partial charge is 0.227 e. The van der Waals surface area contributed by atoms with E-state index in [2.05, 4.69) is 33.3 Å². The number of fused-ring (bicyclic) bond motifs is 1. The Hall–Kier alpha value is -1.06. The maximum absolute atomic E-state index is 5.42. The summed E-state index contributed by atoms with van der Waals surface area (Å²) in [7, 11) is 0. The van der Waals surface area contributed by atoms with E-state index in [9.17, 15) is 0 Å². The van der Waals surface area contributed by atoms with Gasteiger partial charge < -0.3 is 4.42 Å². The average molecular weight is 283 g/mol. The molecule has 0 saturated heterocycles. The minimum absolute atomic E-state index is 0.592. The predicted molar refractivity (Wildman–Crippen MR) is 60.6 cm³/mol. The second kappa shape index (κ2) is 3.77. The highest BCUT2D eigenvalue weighted by molar-refractivity contribution is 14.1. The molecule has 0 saturated carbocycles. The Morgan fingerprint density at radius 3 is 3.00 bits per heavy atom. The van der Waals surface area contributed by atoms with Crippen molar-refractivity contribution in [1.29, 1.82) is 0 Å². The largest absolute Gasteiger partial charge is 0.436 e. The van der Waals surface area contributed by atoms with Gasteiger partial charge in [0, 0.05) is 10.2 Å². The number of hydrogen-bond acceptors (Lipinski definition) is 2. The van der Waals surface area contributed by atoms with E-state index in [1.165, 1.54) is 0 Å². The molecule has 64 valence electrons. The lowest BCUT2D eigenvalue weighted by molar-refractivity contribution is 0.589. The van der Waals surface area contributed by atoms with Gasteiger partial charge in [-0.2, -0.15) is 0 Å². The van der Waals surface area contributed by atoms with Gasteiger partial charge in [0.2, 0.25) is 5.89 Å². The number of oxazole rings is 1. The van der Waals surface area contributed by atoms with Crippen molar-refractivity contribution in [2.45, 2.75) is 0 Å². The third kappa shape index (κ3) is 1.82. The van der Waals surface area contributed by atoms with Gasteiger partial charge in [-0.15, -0.1) is 5.73 Å². The SMILES string of the molecule is IC=C=Cc1nc2ccccc2o1. The molecule has 0 radical (unpaired) electrons. The molecule has 0 bridgehead atoms. The van der Waals surface area contributed by atoms with Crippen LogP contribution in [0.4, 0.5) is 0 Å². The molecule has 2 rings (SSSR count). The van der Waals surface area contributed by atoms with Crippen LogP contribution in [0.25, 0.3) is 17.2 Å². The van der Waals surface area contributed by atoms with Crippen LogP contribution in [-0.2, 0) is 0 Å². The molecular formula is C10H6INO. The molecule has 0 N–H and O–H groups in total. The molecule has 3 heteroatoms. The van der Waals surface area contributed by atoms with Gasteiger partial charge >= 0.3 is 0 Å². The molecule has 0 aliphatic carbocycles. The maximum Gasteiger partial charge on any atom is 0.227 e. The molecule has 0 atom stereocenters. The lowest BCUT2D eigenvalue weighted by Gasteiger charge is -1.79. The lowest BCUT2D eigenvalue weighted by Crippen LogP contribution is -1.66. The maximum atomic E-state index is 5.42. The van der Waals surface area contributed by atoms with E-state index in [1.807, 2.05) is 24.3 Å². The van der Waals surface area contributed by atoms with Crippen molar-refractivity contribution in [3.05, 3.63) is 40.0 Å². The van der Waals surface area contributed by atoms with Crippen LogP contribution in [0, 0.1) is 0 Å². The van der Waals surface area contributed by atoms with Crippen LogP contribution in [0.5, 0.6) is 0 Å². The Bertz CT molecular complexity index is 447. The van der Waals surface area contributed by atoms with Gasteiger partial charge in [0.25, 0.3) is 0 Å².